The van der Waals surface area contributed by atoms with Crippen LogP contribution in [0, 0.1) is 12.8 Å². The summed E-state index contributed by atoms with van der Waals surface area (Å²) >= 11 is 0. The van der Waals surface area contributed by atoms with Crippen LogP contribution in [-0.2, 0) is 0 Å². The number of hydrogen-bond acceptors (Lipinski definition) is 3. The lowest BCUT2D eigenvalue weighted by Gasteiger charge is -2.30. The Morgan fingerprint density at radius 1 is 1.38 bits per heavy atom. The molecule has 2 atom stereocenters. The molecule has 0 saturated carbocycles. The lowest BCUT2D eigenvalue weighted by Crippen LogP contribution is -2.45. The topological polar surface area (TPSA) is 48.9 Å². The van der Waals surface area contributed by atoms with Crippen LogP contribution in [0.1, 0.15) is 25.3 Å². The second-order valence-electron chi connectivity index (χ2n) is 6.80. The number of para-hydroxylation sites is 1. The monoisotopic (exact) mass is 332 g/mol. The van der Waals surface area contributed by atoms with Gasteiger partial charge in [-0.05, 0) is 57.8 Å². The molecule has 5 heteroatoms. The van der Waals surface area contributed by atoms with Gasteiger partial charge in [0.25, 0.3) is 0 Å². The SMILES string of the molecule is CN=C(NCC1CCCN(C)C1)NCC(C)Oc1ccccc1C. The normalized spacial score (nSPS) is 20.5. The molecule has 1 saturated heterocycles. The Hall–Kier alpha value is -1.75. The number of aryl methyl sites for hydroxylation is 1. The molecule has 1 aromatic carbocycles. The standard InChI is InChI=1S/C19H32N4O/c1-15-8-5-6-10-18(15)24-16(2)12-21-19(20-3)22-13-17-9-7-11-23(4)14-17/h5-6,8,10,16-17H,7,9,11-14H2,1-4H3,(H2,20,21,22). The van der Waals surface area contributed by atoms with Crippen LogP contribution in [0.3, 0.4) is 0 Å². The quantitative estimate of drug-likeness (QED) is 0.620. The predicted octanol–water partition coefficient (Wildman–Crippen LogP) is 2.27. The smallest absolute Gasteiger partial charge is 0.191 e. The molecule has 0 amide bonds. The van der Waals surface area contributed by atoms with E-state index in [9.17, 15) is 0 Å². The van der Waals surface area contributed by atoms with Crippen molar-refractivity contribution in [1.82, 2.24) is 15.5 Å². The maximum atomic E-state index is 6.00. The lowest BCUT2D eigenvalue weighted by molar-refractivity contribution is 0.209. The summed E-state index contributed by atoms with van der Waals surface area (Å²) in [7, 11) is 4.01. The van der Waals surface area contributed by atoms with E-state index in [0.717, 1.165) is 36.9 Å². The van der Waals surface area contributed by atoms with Gasteiger partial charge in [-0.2, -0.15) is 0 Å². The number of ether oxygens (including phenoxy) is 1. The minimum absolute atomic E-state index is 0.0745. The van der Waals surface area contributed by atoms with Crippen LogP contribution in [0.15, 0.2) is 29.3 Å². The maximum absolute atomic E-state index is 6.00. The molecule has 1 heterocycles. The number of hydrogen-bond donors (Lipinski definition) is 2. The van der Waals surface area contributed by atoms with Crippen molar-refractivity contribution in [3.63, 3.8) is 0 Å². The van der Waals surface area contributed by atoms with Gasteiger partial charge in [0, 0.05) is 20.1 Å². The van der Waals surface area contributed by atoms with Gasteiger partial charge >= 0.3 is 0 Å². The highest BCUT2D eigenvalue weighted by atomic mass is 16.5. The van der Waals surface area contributed by atoms with Gasteiger partial charge < -0.3 is 20.3 Å². The van der Waals surface area contributed by atoms with Crippen molar-refractivity contribution in [3.05, 3.63) is 29.8 Å². The zero-order chi connectivity index (χ0) is 17.4. The van der Waals surface area contributed by atoms with Crippen LogP contribution in [-0.4, -0.2) is 57.2 Å². The number of nitrogens with one attached hydrogen (secondary N) is 2. The Balaban J connectivity index is 1.71. The summed E-state index contributed by atoms with van der Waals surface area (Å²) in [6.45, 7) is 8.21. The summed E-state index contributed by atoms with van der Waals surface area (Å²) in [5.74, 6) is 2.49. The summed E-state index contributed by atoms with van der Waals surface area (Å²) < 4.78 is 6.00. The molecule has 0 aliphatic carbocycles. The Kier molecular flexibility index (Phi) is 7.37. The van der Waals surface area contributed by atoms with Crippen LogP contribution in [0.5, 0.6) is 5.75 Å². The number of aliphatic imine (C=N–C) groups is 1. The third-order valence-corrected chi connectivity index (χ3v) is 4.48. The van der Waals surface area contributed by atoms with Crippen molar-refractivity contribution in [2.75, 3.05) is 40.3 Å². The first-order chi connectivity index (χ1) is 11.6. The van der Waals surface area contributed by atoms with Gasteiger partial charge in [0.1, 0.15) is 11.9 Å². The van der Waals surface area contributed by atoms with Gasteiger partial charge in [0.2, 0.25) is 0 Å². The fourth-order valence-electron chi connectivity index (χ4n) is 3.09. The van der Waals surface area contributed by atoms with Gasteiger partial charge in [-0.3, -0.25) is 4.99 Å². The first-order valence-electron chi connectivity index (χ1n) is 8.94. The summed E-state index contributed by atoms with van der Waals surface area (Å²) in [5.41, 5.74) is 1.16. The van der Waals surface area contributed by atoms with Crippen LogP contribution in [0.4, 0.5) is 0 Å². The predicted molar refractivity (Wildman–Crippen MR) is 101 cm³/mol. The zero-order valence-electron chi connectivity index (χ0n) is 15.5. The molecule has 1 fully saturated rings. The van der Waals surface area contributed by atoms with Crippen LogP contribution in [0.2, 0.25) is 0 Å². The molecule has 0 spiro atoms. The van der Waals surface area contributed by atoms with E-state index in [1.54, 1.807) is 0 Å². The van der Waals surface area contributed by atoms with Crippen LogP contribution < -0.4 is 15.4 Å². The van der Waals surface area contributed by atoms with Crippen LogP contribution >= 0.6 is 0 Å². The number of likely N-dealkylation sites (tertiary alicyclic amines) is 1. The van der Waals surface area contributed by atoms with E-state index in [-0.39, 0.29) is 6.10 Å². The second kappa shape index (κ2) is 9.52. The number of guanidine groups is 1. The van der Waals surface area contributed by atoms with Crippen LogP contribution in [0.25, 0.3) is 0 Å². The molecule has 1 aromatic rings. The summed E-state index contributed by atoms with van der Waals surface area (Å²) in [6, 6.07) is 8.11. The van der Waals surface area contributed by atoms with E-state index >= 15 is 0 Å². The number of nitrogens with zero attached hydrogens (tertiary/aromatic N) is 2. The Morgan fingerprint density at radius 2 is 2.17 bits per heavy atom. The summed E-state index contributed by atoms with van der Waals surface area (Å²) in [5, 5.41) is 6.81. The van der Waals surface area contributed by atoms with Gasteiger partial charge in [-0.1, -0.05) is 18.2 Å². The van der Waals surface area contributed by atoms with E-state index in [4.69, 9.17) is 4.74 Å². The molecule has 1 aliphatic rings. The van der Waals surface area contributed by atoms with Crippen molar-refractivity contribution >= 4 is 5.96 Å². The Morgan fingerprint density at radius 3 is 2.88 bits per heavy atom. The molecule has 134 valence electrons. The summed E-state index contributed by atoms with van der Waals surface area (Å²) in [4.78, 5) is 6.72. The molecule has 1 aliphatic heterocycles. The average Bonchev–Trinajstić information content (AvgIpc) is 2.57. The first kappa shape index (κ1) is 18.6. The molecular weight excluding hydrogens is 300 g/mol. The van der Waals surface area contributed by atoms with Crippen molar-refractivity contribution in [2.24, 2.45) is 10.9 Å². The molecule has 0 radical (unpaired) electrons. The lowest BCUT2D eigenvalue weighted by atomic mass is 9.99. The highest BCUT2D eigenvalue weighted by molar-refractivity contribution is 5.79. The average molecular weight is 332 g/mol. The Bertz CT molecular complexity index is 532. The third kappa shape index (κ3) is 6.04. The van der Waals surface area contributed by atoms with Crippen molar-refractivity contribution in [1.29, 1.82) is 0 Å². The minimum atomic E-state index is 0.0745. The maximum Gasteiger partial charge on any atom is 0.191 e. The van der Waals surface area contributed by atoms with Gasteiger partial charge in [0.15, 0.2) is 5.96 Å². The van der Waals surface area contributed by atoms with E-state index in [1.165, 1.54) is 19.4 Å². The van der Waals surface area contributed by atoms with Gasteiger partial charge in [0.05, 0.1) is 6.54 Å². The van der Waals surface area contributed by atoms with Gasteiger partial charge in [-0.25, -0.2) is 0 Å². The molecule has 5 nitrogen and oxygen atoms in total. The second-order valence-corrected chi connectivity index (χ2v) is 6.80. The molecule has 2 rings (SSSR count). The largest absolute Gasteiger partial charge is 0.489 e. The molecule has 0 bridgehead atoms. The van der Waals surface area contributed by atoms with Crippen molar-refractivity contribution < 1.29 is 4.74 Å². The van der Waals surface area contributed by atoms with Gasteiger partial charge in [-0.15, -0.1) is 0 Å². The molecule has 2 N–H and O–H groups in total. The summed E-state index contributed by atoms with van der Waals surface area (Å²) in [6.07, 6.45) is 2.66. The highest BCUT2D eigenvalue weighted by Crippen LogP contribution is 2.17. The molecule has 2 unspecified atom stereocenters. The molecule has 0 aromatic heterocycles. The van der Waals surface area contributed by atoms with Crippen molar-refractivity contribution in [3.8, 4) is 5.75 Å². The van der Waals surface area contributed by atoms with E-state index in [2.05, 4.69) is 47.5 Å². The number of rotatable bonds is 6. The fraction of sp³-hybridized carbons (Fsp3) is 0.632. The Labute approximate surface area is 146 Å². The van der Waals surface area contributed by atoms with Crippen molar-refractivity contribution in [2.45, 2.75) is 32.8 Å². The van der Waals surface area contributed by atoms with E-state index < -0.39 is 0 Å². The third-order valence-electron chi connectivity index (χ3n) is 4.48. The minimum Gasteiger partial charge on any atom is -0.489 e. The number of benzene rings is 1. The molecular formula is C19H32N4O. The van der Waals surface area contributed by atoms with E-state index in [0.29, 0.717) is 5.92 Å². The molecule has 24 heavy (non-hydrogen) atoms. The zero-order valence-corrected chi connectivity index (χ0v) is 15.5. The fourth-order valence-corrected chi connectivity index (χ4v) is 3.09. The van der Waals surface area contributed by atoms with E-state index in [1.807, 2.05) is 25.2 Å². The first-order valence-corrected chi connectivity index (χ1v) is 8.94. The number of piperidine rings is 1. The highest BCUT2D eigenvalue weighted by Gasteiger charge is 2.17.